The van der Waals surface area contributed by atoms with Crippen LogP contribution in [0.1, 0.15) is 16.1 Å². The number of hydrogen-bond donors (Lipinski definition) is 3. The third-order valence-corrected chi connectivity index (χ3v) is 3.14. The smallest absolute Gasteiger partial charge is 0.277 e. The first-order chi connectivity index (χ1) is 11.0. The summed E-state index contributed by atoms with van der Waals surface area (Å²) in [6.45, 7) is 1.85. The third-order valence-electron chi connectivity index (χ3n) is 3.14. The number of nitrogens with one attached hydrogen (secondary N) is 3. The maximum absolute atomic E-state index is 13.9. The fourth-order valence-electron chi connectivity index (χ4n) is 2.02. The predicted molar refractivity (Wildman–Crippen MR) is 81.5 cm³/mol. The van der Waals surface area contributed by atoms with Crippen LogP contribution in [0.2, 0.25) is 0 Å². The molecule has 7 nitrogen and oxygen atoms in total. The zero-order valence-electron chi connectivity index (χ0n) is 12.1. The number of carbonyl (C=O) groups is 1. The molecule has 23 heavy (non-hydrogen) atoms. The van der Waals surface area contributed by atoms with E-state index in [1.54, 1.807) is 12.1 Å². The van der Waals surface area contributed by atoms with Crippen molar-refractivity contribution in [3.8, 4) is 11.3 Å². The highest BCUT2D eigenvalue weighted by molar-refractivity contribution is 6.02. The first-order valence-corrected chi connectivity index (χ1v) is 6.72. The molecule has 0 aliphatic carbocycles. The van der Waals surface area contributed by atoms with Crippen LogP contribution in [0.25, 0.3) is 11.3 Å². The summed E-state index contributed by atoms with van der Waals surface area (Å²) >= 11 is 0. The Bertz CT molecular complexity index is 911. The Balaban J connectivity index is 1.82. The van der Waals surface area contributed by atoms with Gasteiger partial charge in [-0.15, -0.1) is 0 Å². The average Bonchev–Trinajstić information content (AvgIpc) is 2.98. The highest BCUT2D eigenvalue weighted by Gasteiger charge is 2.12. The van der Waals surface area contributed by atoms with E-state index < -0.39 is 11.5 Å². The number of H-pyrrole nitrogens is 2. The molecule has 0 spiro atoms. The normalized spacial score (nSPS) is 10.5. The van der Waals surface area contributed by atoms with Gasteiger partial charge in [-0.1, -0.05) is 11.6 Å². The molecule has 0 atom stereocenters. The van der Waals surface area contributed by atoms with E-state index in [0.29, 0.717) is 11.3 Å². The number of hydrogen-bond acceptors (Lipinski definition) is 4. The predicted octanol–water partition coefficient (Wildman–Crippen LogP) is 1.86. The summed E-state index contributed by atoms with van der Waals surface area (Å²) in [5.41, 5.74) is 1.34. The zero-order chi connectivity index (χ0) is 16.4. The summed E-state index contributed by atoms with van der Waals surface area (Å²) in [7, 11) is 0. The van der Waals surface area contributed by atoms with E-state index >= 15 is 0 Å². The maximum Gasteiger partial charge on any atom is 0.277 e. The molecule has 0 unspecified atom stereocenters. The van der Waals surface area contributed by atoms with E-state index in [0.717, 1.165) is 5.56 Å². The molecule has 0 saturated carbocycles. The first-order valence-electron chi connectivity index (χ1n) is 6.72. The minimum Gasteiger partial charge on any atom is -0.304 e. The minimum absolute atomic E-state index is 0.0379. The molecule has 1 amide bonds. The minimum atomic E-state index is -0.538. The lowest BCUT2D eigenvalue weighted by Gasteiger charge is -2.01. The van der Waals surface area contributed by atoms with Gasteiger partial charge in [-0.2, -0.15) is 10.2 Å². The highest BCUT2D eigenvalue weighted by atomic mass is 19.1. The standard InChI is InChI=1S/C15H12FN5O2/c1-8-2-3-10(16)9(6-8)12-7-13(20-19-12)17-15(23)11-4-5-14(22)21-18-11/h2-7H,1H3,(H,21,22)(H2,17,19,20,23). The fraction of sp³-hybridized carbons (Fsp3) is 0.0667. The number of anilines is 1. The number of halogens is 1. The number of aromatic amines is 2. The summed E-state index contributed by atoms with van der Waals surface area (Å²) in [6, 6.07) is 8.72. The summed E-state index contributed by atoms with van der Waals surface area (Å²) in [5.74, 6) is -0.706. The van der Waals surface area contributed by atoms with Crippen LogP contribution < -0.4 is 10.9 Å². The number of carbonyl (C=O) groups excluding carboxylic acids is 1. The van der Waals surface area contributed by atoms with Crippen molar-refractivity contribution in [3.63, 3.8) is 0 Å². The van der Waals surface area contributed by atoms with Gasteiger partial charge < -0.3 is 5.32 Å². The largest absolute Gasteiger partial charge is 0.304 e. The lowest BCUT2D eigenvalue weighted by atomic mass is 10.1. The number of nitrogens with zero attached hydrogens (tertiary/aromatic N) is 2. The Kier molecular flexibility index (Phi) is 3.71. The number of aromatic nitrogens is 4. The Labute approximate surface area is 129 Å². The van der Waals surface area contributed by atoms with Gasteiger partial charge in [0.2, 0.25) is 0 Å². The zero-order valence-corrected chi connectivity index (χ0v) is 12.1. The van der Waals surface area contributed by atoms with Gasteiger partial charge in [0, 0.05) is 17.7 Å². The summed E-state index contributed by atoms with van der Waals surface area (Å²) in [6.07, 6.45) is 0. The molecule has 2 heterocycles. The molecule has 0 aliphatic rings. The second-order valence-corrected chi connectivity index (χ2v) is 4.91. The van der Waals surface area contributed by atoms with Gasteiger partial charge in [-0.05, 0) is 25.1 Å². The topological polar surface area (TPSA) is 104 Å². The number of rotatable bonds is 3. The Morgan fingerprint density at radius 1 is 1.13 bits per heavy atom. The number of benzene rings is 1. The van der Waals surface area contributed by atoms with E-state index in [-0.39, 0.29) is 17.3 Å². The van der Waals surface area contributed by atoms with E-state index in [4.69, 9.17) is 0 Å². The summed E-state index contributed by atoms with van der Waals surface area (Å²) in [4.78, 5) is 22.9. The molecule has 8 heteroatoms. The van der Waals surface area contributed by atoms with Crippen molar-refractivity contribution < 1.29 is 9.18 Å². The molecule has 0 saturated heterocycles. The van der Waals surface area contributed by atoms with Crippen LogP contribution in [0.3, 0.4) is 0 Å². The van der Waals surface area contributed by atoms with E-state index in [2.05, 4.69) is 25.7 Å². The van der Waals surface area contributed by atoms with Gasteiger partial charge >= 0.3 is 0 Å². The van der Waals surface area contributed by atoms with Crippen LogP contribution >= 0.6 is 0 Å². The van der Waals surface area contributed by atoms with Gasteiger partial charge in [0.05, 0.1) is 5.69 Å². The third kappa shape index (κ3) is 3.15. The van der Waals surface area contributed by atoms with E-state index in [1.807, 2.05) is 6.92 Å². The van der Waals surface area contributed by atoms with Crippen LogP contribution in [0.5, 0.6) is 0 Å². The Morgan fingerprint density at radius 2 is 1.96 bits per heavy atom. The lowest BCUT2D eigenvalue weighted by Crippen LogP contribution is -2.17. The molecule has 116 valence electrons. The maximum atomic E-state index is 13.9. The molecular formula is C15H12FN5O2. The highest BCUT2D eigenvalue weighted by Crippen LogP contribution is 2.24. The van der Waals surface area contributed by atoms with Gasteiger partial charge in [-0.25, -0.2) is 9.49 Å². The van der Waals surface area contributed by atoms with Gasteiger partial charge in [0.1, 0.15) is 11.5 Å². The van der Waals surface area contributed by atoms with Crippen molar-refractivity contribution in [2.75, 3.05) is 5.32 Å². The molecule has 3 aromatic rings. The van der Waals surface area contributed by atoms with Crippen LogP contribution in [0.4, 0.5) is 10.2 Å². The average molecular weight is 313 g/mol. The Hall–Kier alpha value is -3.29. The lowest BCUT2D eigenvalue weighted by molar-refractivity contribution is 0.102. The van der Waals surface area contributed by atoms with Crippen molar-refractivity contribution in [3.05, 3.63) is 63.8 Å². The van der Waals surface area contributed by atoms with Crippen molar-refractivity contribution in [2.45, 2.75) is 6.92 Å². The molecule has 1 aromatic carbocycles. The first kappa shape index (κ1) is 14.6. The van der Waals surface area contributed by atoms with Gasteiger partial charge in [0.25, 0.3) is 11.5 Å². The van der Waals surface area contributed by atoms with Crippen molar-refractivity contribution in [2.24, 2.45) is 0 Å². The Morgan fingerprint density at radius 3 is 2.70 bits per heavy atom. The quantitative estimate of drug-likeness (QED) is 0.686. The molecule has 0 aliphatic heterocycles. The van der Waals surface area contributed by atoms with E-state index in [1.165, 1.54) is 24.3 Å². The van der Waals surface area contributed by atoms with Crippen LogP contribution in [-0.2, 0) is 0 Å². The second kappa shape index (κ2) is 5.84. The molecular weight excluding hydrogens is 301 g/mol. The van der Waals surface area contributed by atoms with Crippen molar-refractivity contribution >= 4 is 11.7 Å². The van der Waals surface area contributed by atoms with E-state index in [9.17, 15) is 14.0 Å². The van der Waals surface area contributed by atoms with Gasteiger partial charge in [-0.3, -0.25) is 14.7 Å². The molecule has 3 rings (SSSR count). The van der Waals surface area contributed by atoms with Gasteiger partial charge in [0.15, 0.2) is 5.82 Å². The molecule has 2 aromatic heterocycles. The van der Waals surface area contributed by atoms with Crippen molar-refractivity contribution in [1.29, 1.82) is 0 Å². The monoisotopic (exact) mass is 313 g/mol. The number of aryl methyl sites for hydroxylation is 1. The molecule has 3 N–H and O–H groups in total. The SMILES string of the molecule is Cc1ccc(F)c(-c2cc(NC(=O)c3ccc(=O)[nH]n3)n[nH]2)c1. The summed E-state index contributed by atoms with van der Waals surface area (Å²) in [5, 5.41) is 14.9. The van der Waals surface area contributed by atoms with Crippen LogP contribution in [0.15, 0.2) is 41.2 Å². The second-order valence-electron chi connectivity index (χ2n) is 4.91. The number of amides is 1. The van der Waals surface area contributed by atoms with Crippen molar-refractivity contribution in [1.82, 2.24) is 20.4 Å². The summed E-state index contributed by atoms with van der Waals surface area (Å²) < 4.78 is 13.9. The molecule has 0 bridgehead atoms. The molecule has 0 fully saturated rings. The van der Waals surface area contributed by atoms with Crippen LogP contribution in [0, 0.1) is 12.7 Å². The molecule has 0 radical (unpaired) electrons. The fourth-order valence-corrected chi connectivity index (χ4v) is 2.02. The van der Waals surface area contributed by atoms with Crippen LogP contribution in [-0.4, -0.2) is 26.3 Å².